The van der Waals surface area contributed by atoms with E-state index in [0.717, 1.165) is 30.2 Å². The van der Waals surface area contributed by atoms with Crippen molar-refractivity contribution in [3.63, 3.8) is 0 Å². The fourth-order valence-corrected chi connectivity index (χ4v) is 2.76. The average molecular weight is 289 g/mol. The van der Waals surface area contributed by atoms with E-state index in [9.17, 15) is 0 Å². The van der Waals surface area contributed by atoms with Gasteiger partial charge in [0.25, 0.3) is 0 Å². The van der Waals surface area contributed by atoms with Crippen LogP contribution in [-0.2, 0) is 0 Å². The Morgan fingerprint density at radius 3 is 2.50 bits per heavy atom. The lowest BCUT2D eigenvalue weighted by Gasteiger charge is -2.26. The first-order chi connectivity index (χ1) is 9.75. The number of nitrogens with zero attached hydrogens (tertiary/aromatic N) is 3. The van der Waals surface area contributed by atoms with Crippen molar-refractivity contribution in [2.75, 3.05) is 23.7 Å². The van der Waals surface area contributed by atoms with Crippen molar-refractivity contribution >= 4 is 23.4 Å². The van der Waals surface area contributed by atoms with E-state index in [1.54, 1.807) is 6.20 Å². The molecule has 4 nitrogen and oxygen atoms in total. The molecule has 0 amide bonds. The van der Waals surface area contributed by atoms with Gasteiger partial charge >= 0.3 is 0 Å². The SMILES string of the molecule is Nc1nc(N2CCCCC2)ncc1-c1ccccc1Cl. The van der Waals surface area contributed by atoms with Crippen LogP contribution in [0.15, 0.2) is 30.5 Å². The molecule has 2 heterocycles. The number of piperidine rings is 1. The summed E-state index contributed by atoms with van der Waals surface area (Å²) < 4.78 is 0. The van der Waals surface area contributed by atoms with Crippen molar-refractivity contribution < 1.29 is 0 Å². The number of benzene rings is 1. The third-order valence-electron chi connectivity index (χ3n) is 3.61. The van der Waals surface area contributed by atoms with Gasteiger partial charge < -0.3 is 10.6 Å². The third kappa shape index (κ3) is 2.56. The van der Waals surface area contributed by atoms with Crippen LogP contribution in [-0.4, -0.2) is 23.1 Å². The van der Waals surface area contributed by atoms with Gasteiger partial charge in [0.05, 0.1) is 0 Å². The average Bonchev–Trinajstić information content (AvgIpc) is 2.49. The molecule has 1 aliphatic heterocycles. The molecule has 2 aromatic rings. The number of rotatable bonds is 2. The Labute approximate surface area is 123 Å². The van der Waals surface area contributed by atoms with Gasteiger partial charge in [0, 0.05) is 35.4 Å². The molecule has 1 aromatic carbocycles. The molecule has 20 heavy (non-hydrogen) atoms. The Morgan fingerprint density at radius 2 is 1.80 bits per heavy atom. The maximum absolute atomic E-state index is 6.20. The van der Waals surface area contributed by atoms with Crippen LogP contribution in [0.25, 0.3) is 11.1 Å². The summed E-state index contributed by atoms with van der Waals surface area (Å²) in [5.74, 6) is 1.20. The molecular formula is C15H17ClN4. The molecule has 2 N–H and O–H groups in total. The molecule has 1 aromatic heterocycles. The number of hydrogen-bond acceptors (Lipinski definition) is 4. The summed E-state index contributed by atoms with van der Waals surface area (Å²) in [5, 5.41) is 0.661. The van der Waals surface area contributed by atoms with Crippen LogP contribution in [0, 0.1) is 0 Å². The van der Waals surface area contributed by atoms with E-state index in [-0.39, 0.29) is 0 Å². The smallest absolute Gasteiger partial charge is 0.227 e. The molecule has 5 heteroatoms. The Bertz CT molecular complexity index is 609. The van der Waals surface area contributed by atoms with Crippen molar-refractivity contribution in [2.24, 2.45) is 0 Å². The van der Waals surface area contributed by atoms with E-state index in [0.29, 0.717) is 10.8 Å². The van der Waals surface area contributed by atoms with Crippen LogP contribution in [0.4, 0.5) is 11.8 Å². The zero-order valence-corrected chi connectivity index (χ0v) is 12.0. The molecule has 0 bridgehead atoms. The molecule has 0 aliphatic carbocycles. The minimum absolute atomic E-state index is 0.480. The van der Waals surface area contributed by atoms with Gasteiger partial charge in [-0.15, -0.1) is 0 Å². The van der Waals surface area contributed by atoms with Gasteiger partial charge in [0.1, 0.15) is 5.82 Å². The second-order valence-corrected chi connectivity index (χ2v) is 5.40. The van der Waals surface area contributed by atoms with Crippen LogP contribution in [0.3, 0.4) is 0 Å². The molecule has 1 fully saturated rings. The highest BCUT2D eigenvalue weighted by molar-refractivity contribution is 6.33. The highest BCUT2D eigenvalue weighted by Gasteiger charge is 2.16. The van der Waals surface area contributed by atoms with E-state index in [1.165, 1.54) is 19.3 Å². The summed E-state index contributed by atoms with van der Waals surface area (Å²) in [7, 11) is 0. The molecule has 1 saturated heterocycles. The zero-order valence-electron chi connectivity index (χ0n) is 11.2. The fourth-order valence-electron chi connectivity index (χ4n) is 2.52. The summed E-state index contributed by atoms with van der Waals surface area (Å²) in [5.41, 5.74) is 7.75. The Hall–Kier alpha value is -1.81. The molecule has 1 aliphatic rings. The fraction of sp³-hybridized carbons (Fsp3) is 0.333. The van der Waals surface area contributed by atoms with Crippen LogP contribution in [0.2, 0.25) is 5.02 Å². The maximum atomic E-state index is 6.20. The molecule has 0 spiro atoms. The first kappa shape index (κ1) is 13.2. The standard InChI is InChI=1S/C15H17ClN4/c16-13-7-3-2-6-11(13)12-10-18-15(19-14(12)17)20-8-4-1-5-9-20/h2-3,6-7,10H,1,4-5,8-9H2,(H2,17,18,19). The second kappa shape index (κ2) is 5.67. The summed E-state index contributed by atoms with van der Waals surface area (Å²) >= 11 is 6.20. The summed E-state index contributed by atoms with van der Waals surface area (Å²) in [6.45, 7) is 2.01. The second-order valence-electron chi connectivity index (χ2n) is 5.00. The van der Waals surface area contributed by atoms with Gasteiger partial charge in [0.15, 0.2) is 0 Å². The van der Waals surface area contributed by atoms with Crippen molar-refractivity contribution in [3.8, 4) is 11.1 Å². The van der Waals surface area contributed by atoms with E-state index in [4.69, 9.17) is 17.3 Å². The van der Waals surface area contributed by atoms with Gasteiger partial charge in [-0.25, -0.2) is 4.98 Å². The monoisotopic (exact) mass is 288 g/mol. The number of halogens is 1. The van der Waals surface area contributed by atoms with Crippen LogP contribution in [0.1, 0.15) is 19.3 Å². The van der Waals surface area contributed by atoms with E-state index < -0.39 is 0 Å². The molecule has 0 unspecified atom stereocenters. The first-order valence-electron chi connectivity index (χ1n) is 6.88. The summed E-state index contributed by atoms with van der Waals surface area (Å²) in [6, 6.07) is 7.59. The molecule has 0 saturated carbocycles. The Morgan fingerprint density at radius 1 is 1.05 bits per heavy atom. The van der Waals surface area contributed by atoms with Gasteiger partial charge in [-0.3, -0.25) is 0 Å². The Kier molecular flexibility index (Phi) is 3.74. The molecular weight excluding hydrogens is 272 g/mol. The van der Waals surface area contributed by atoms with Crippen molar-refractivity contribution in [3.05, 3.63) is 35.5 Å². The number of nitrogen functional groups attached to an aromatic ring is 1. The lowest BCUT2D eigenvalue weighted by atomic mass is 10.1. The van der Waals surface area contributed by atoms with Gasteiger partial charge in [-0.05, 0) is 25.3 Å². The van der Waals surface area contributed by atoms with Crippen LogP contribution < -0.4 is 10.6 Å². The van der Waals surface area contributed by atoms with Crippen LogP contribution in [0.5, 0.6) is 0 Å². The largest absolute Gasteiger partial charge is 0.383 e. The topological polar surface area (TPSA) is 55.0 Å². The first-order valence-corrected chi connectivity index (χ1v) is 7.26. The lowest BCUT2D eigenvalue weighted by molar-refractivity contribution is 0.568. The normalized spacial score (nSPS) is 15.3. The van der Waals surface area contributed by atoms with E-state index >= 15 is 0 Å². The number of aromatic nitrogens is 2. The number of nitrogens with two attached hydrogens (primary N) is 1. The highest BCUT2D eigenvalue weighted by atomic mass is 35.5. The van der Waals surface area contributed by atoms with Gasteiger partial charge in [-0.1, -0.05) is 29.8 Å². The van der Waals surface area contributed by atoms with Gasteiger partial charge in [-0.2, -0.15) is 4.98 Å². The molecule has 0 radical (unpaired) electrons. The molecule has 0 atom stereocenters. The predicted octanol–water partition coefficient (Wildman–Crippen LogP) is 3.37. The van der Waals surface area contributed by atoms with E-state index in [1.807, 2.05) is 24.3 Å². The van der Waals surface area contributed by atoms with Crippen molar-refractivity contribution in [1.29, 1.82) is 0 Å². The number of anilines is 2. The van der Waals surface area contributed by atoms with E-state index in [2.05, 4.69) is 14.9 Å². The molecule has 3 rings (SSSR count). The predicted molar refractivity (Wildman–Crippen MR) is 83.0 cm³/mol. The minimum Gasteiger partial charge on any atom is -0.383 e. The summed E-state index contributed by atoms with van der Waals surface area (Å²) in [6.07, 6.45) is 5.43. The minimum atomic E-state index is 0.480. The maximum Gasteiger partial charge on any atom is 0.227 e. The third-order valence-corrected chi connectivity index (χ3v) is 3.94. The van der Waals surface area contributed by atoms with Crippen molar-refractivity contribution in [1.82, 2.24) is 9.97 Å². The highest BCUT2D eigenvalue weighted by Crippen LogP contribution is 2.31. The van der Waals surface area contributed by atoms with Gasteiger partial charge in [0.2, 0.25) is 5.95 Å². The number of hydrogen-bond donors (Lipinski definition) is 1. The zero-order chi connectivity index (χ0) is 13.9. The quantitative estimate of drug-likeness (QED) is 0.920. The Balaban J connectivity index is 1.93. The van der Waals surface area contributed by atoms with Crippen molar-refractivity contribution in [2.45, 2.75) is 19.3 Å². The van der Waals surface area contributed by atoms with Crippen LogP contribution >= 0.6 is 11.6 Å². The molecule has 104 valence electrons. The lowest BCUT2D eigenvalue weighted by Crippen LogP contribution is -2.31. The summed E-state index contributed by atoms with van der Waals surface area (Å²) in [4.78, 5) is 11.1.